The number of amides is 1. The third kappa shape index (κ3) is 9.23. The Labute approximate surface area is 332 Å². The number of aromatic nitrogens is 2. The van der Waals surface area contributed by atoms with Gasteiger partial charge >= 0.3 is 11.8 Å². The highest BCUT2D eigenvalue weighted by Crippen LogP contribution is 2.37. The zero-order valence-electron chi connectivity index (χ0n) is 32.1. The Morgan fingerprint density at radius 3 is 2.48 bits per heavy atom. The number of pyridine rings is 1. The summed E-state index contributed by atoms with van der Waals surface area (Å²) in [7, 11) is 1.55. The van der Waals surface area contributed by atoms with Crippen LogP contribution in [0.15, 0.2) is 98.9 Å². The van der Waals surface area contributed by atoms with Crippen LogP contribution in [0.4, 0.5) is 19.9 Å². The van der Waals surface area contributed by atoms with Crippen LogP contribution in [-0.2, 0) is 19.5 Å². The summed E-state index contributed by atoms with van der Waals surface area (Å²) in [6.07, 6.45) is 3.22. The number of hydrogen-bond acceptors (Lipinski definition) is 9. The first-order valence-corrected chi connectivity index (χ1v) is 19.0. The van der Waals surface area contributed by atoms with E-state index >= 15 is 0 Å². The number of aromatic amines is 1. The summed E-state index contributed by atoms with van der Waals surface area (Å²) in [6, 6.07) is 25.4. The van der Waals surface area contributed by atoms with Crippen LogP contribution in [0.25, 0.3) is 33.1 Å². The molecule has 1 saturated carbocycles. The quantitative estimate of drug-likeness (QED) is 0.0644. The highest BCUT2D eigenvalue weighted by atomic mass is 19.0. The minimum atomic E-state index is -0.972. The number of halogens is 2. The highest BCUT2D eigenvalue weighted by Gasteiger charge is 2.31. The van der Waals surface area contributed by atoms with Gasteiger partial charge in [-0.05, 0) is 85.9 Å². The fourth-order valence-electron chi connectivity index (χ4n) is 7.88. The van der Waals surface area contributed by atoms with Crippen LogP contribution in [0.1, 0.15) is 61.3 Å². The van der Waals surface area contributed by atoms with Crippen LogP contribution < -0.4 is 32.0 Å². The highest BCUT2D eigenvalue weighted by molar-refractivity contribution is 5.94. The third-order valence-electron chi connectivity index (χ3n) is 10.8. The number of aromatic hydroxyl groups is 1. The number of oxazole rings is 1. The Hall–Kier alpha value is -6.03. The van der Waals surface area contributed by atoms with Gasteiger partial charge in [0, 0.05) is 60.4 Å². The van der Waals surface area contributed by atoms with Crippen LogP contribution >= 0.6 is 0 Å². The number of nitrogens with two attached hydrogens (primary N) is 1. The molecule has 7 rings (SSSR count). The molecule has 0 saturated heterocycles. The maximum atomic E-state index is 13.1. The molecular formula is C43H49F2N5O8. The monoisotopic (exact) mass is 801 g/mol. The van der Waals surface area contributed by atoms with Crippen molar-refractivity contribution in [2.75, 3.05) is 18.6 Å². The molecule has 7 N–H and O–H groups in total. The number of benzene rings is 4. The number of unbranched alkanes of at least 4 members (excludes halogenated alkanes) is 1. The molecule has 58 heavy (non-hydrogen) atoms. The van der Waals surface area contributed by atoms with Crippen LogP contribution in [0.3, 0.4) is 0 Å². The zero-order chi connectivity index (χ0) is 39.3. The molecule has 15 heteroatoms. The average molecular weight is 802 g/mol. The van der Waals surface area contributed by atoms with Crippen molar-refractivity contribution >= 4 is 33.8 Å². The van der Waals surface area contributed by atoms with E-state index in [0.29, 0.717) is 72.3 Å². The van der Waals surface area contributed by atoms with Crippen molar-refractivity contribution in [3.05, 3.63) is 123 Å². The summed E-state index contributed by atoms with van der Waals surface area (Å²) in [5.41, 5.74) is 11.9. The van der Waals surface area contributed by atoms with Crippen LogP contribution in [0.5, 0.6) is 11.5 Å². The van der Waals surface area contributed by atoms with Crippen LogP contribution in [-0.4, -0.2) is 56.7 Å². The topological polar surface area (TPSA) is 196 Å². The number of fused-ring (bicyclic) bond motifs is 2. The molecule has 1 fully saturated rings. The van der Waals surface area contributed by atoms with Crippen molar-refractivity contribution in [2.45, 2.75) is 76.2 Å². The second-order valence-electron chi connectivity index (χ2n) is 14.5. The molecular weight excluding hydrogens is 752 g/mol. The maximum Gasteiger partial charge on any atom is 0.419 e. The lowest BCUT2D eigenvalue weighted by Gasteiger charge is -2.35. The lowest BCUT2D eigenvalue weighted by atomic mass is 9.89. The Morgan fingerprint density at radius 1 is 1.00 bits per heavy atom. The summed E-state index contributed by atoms with van der Waals surface area (Å²) in [5.74, 6) is -0.00421. The van der Waals surface area contributed by atoms with E-state index < -0.39 is 18.0 Å². The van der Waals surface area contributed by atoms with Crippen LogP contribution in [0, 0.1) is 0 Å². The number of carbonyl (C=O) groups is 1. The van der Waals surface area contributed by atoms with E-state index in [4.69, 9.17) is 14.9 Å². The Kier molecular flexibility index (Phi) is 14.1. The molecule has 4 aromatic carbocycles. The number of aryl methyl sites for hydroxylation is 2. The van der Waals surface area contributed by atoms with Gasteiger partial charge in [0.25, 0.3) is 0 Å². The van der Waals surface area contributed by atoms with Gasteiger partial charge in [0.15, 0.2) is 5.58 Å². The van der Waals surface area contributed by atoms with Crippen molar-refractivity contribution in [1.82, 2.24) is 14.9 Å². The standard InChI is InChI=1S/C43H47N5O8.2FH/c1-55-38-23-35-39(22-28(38)24-45-25-37(50)32-16-18-36(49)41-33(32)17-19-40(51)46-41)56-43(54)47(35)20-6-5-7-26-10-15-31(27-8-3-2-4-9-27)34(21-26)48(42(52)53)30-13-11-29(44)12-14-30;;/h2-4,8-10,15-19,21-23,29-30,37,45,49-50H,5-7,11-14,20,24-25,44H2,1H3,(H,46,51)(H,52,53);2*1H/t29?,30?,37-;;/m0../s1. The first-order chi connectivity index (χ1) is 27.1. The molecule has 2 heterocycles. The molecule has 2 aromatic heterocycles. The maximum absolute atomic E-state index is 13.1. The second-order valence-corrected chi connectivity index (χ2v) is 14.5. The van der Waals surface area contributed by atoms with E-state index in [1.807, 2.05) is 42.5 Å². The number of aliphatic hydroxyl groups excluding tert-OH is 1. The molecule has 0 spiro atoms. The van der Waals surface area contributed by atoms with E-state index in [2.05, 4.69) is 16.4 Å². The van der Waals surface area contributed by atoms with Gasteiger partial charge in [0.2, 0.25) is 5.56 Å². The summed E-state index contributed by atoms with van der Waals surface area (Å²) in [6.45, 7) is 0.880. The summed E-state index contributed by atoms with van der Waals surface area (Å²) in [4.78, 5) is 41.8. The molecule has 1 aliphatic rings. The average Bonchev–Trinajstić information content (AvgIpc) is 3.50. The van der Waals surface area contributed by atoms with E-state index in [9.17, 15) is 29.7 Å². The number of phenols is 1. The number of nitrogens with zero attached hydrogens (tertiary/aromatic N) is 2. The smallest absolute Gasteiger partial charge is 0.419 e. The molecule has 0 bridgehead atoms. The van der Waals surface area contributed by atoms with Gasteiger partial charge < -0.3 is 40.5 Å². The number of phenolic OH excluding ortho intramolecular Hbond substituents is 1. The molecule has 13 nitrogen and oxygen atoms in total. The van der Waals surface area contributed by atoms with Crippen molar-refractivity contribution in [1.29, 1.82) is 0 Å². The van der Waals surface area contributed by atoms with E-state index in [0.717, 1.165) is 41.5 Å². The van der Waals surface area contributed by atoms with Crippen molar-refractivity contribution in [3.63, 3.8) is 0 Å². The number of methoxy groups -OCH3 is 1. The van der Waals surface area contributed by atoms with Gasteiger partial charge in [0.05, 0.1) is 29.9 Å². The Bertz CT molecular complexity index is 2460. The fraction of sp³-hybridized carbons (Fsp3) is 0.326. The van der Waals surface area contributed by atoms with Crippen molar-refractivity contribution in [2.24, 2.45) is 5.73 Å². The van der Waals surface area contributed by atoms with E-state index in [-0.39, 0.29) is 44.9 Å². The predicted octanol–water partition coefficient (Wildman–Crippen LogP) is 6.72. The minimum absolute atomic E-state index is 0. The lowest BCUT2D eigenvalue weighted by molar-refractivity contribution is 0.175. The first-order valence-electron chi connectivity index (χ1n) is 19.0. The number of ether oxygens (including phenoxy) is 1. The number of H-pyrrole nitrogens is 1. The first kappa shape index (κ1) is 43.1. The molecule has 1 amide bonds. The number of nitrogens with one attached hydrogen (secondary N) is 2. The molecule has 308 valence electrons. The van der Waals surface area contributed by atoms with Gasteiger partial charge in [0.1, 0.15) is 11.5 Å². The lowest BCUT2D eigenvalue weighted by Crippen LogP contribution is -2.44. The number of anilines is 1. The van der Waals surface area contributed by atoms with Crippen molar-refractivity contribution < 1.29 is 38.7 Å². The Morgan fingerprint density at radius 2 is 1.76 bits per heavy atom. The number of aliphatic hydroxyl groups is 1. The number of carboxylic acid groups (broad SMARTS) is 1. The normalized spacial score (nSPS) is 15.7. The summed E-state index contributed by atoms with van der Waals surface area (Å²) in [5, 5.41) is 35.4. The van der Waals surface area contributed by atoms with Gasteiger partial charge in [-0.3, -0.25) is 23.7 Å². The molecule has 0 aliphatic heterocycles. The minimum Gasteiger partial charge on any atom is -0.506 e. The number of hydrogen-bond donors (Lipinski definition) is 6. The number of rotatable bonds is 14. The fourth-order valence-corrected chi connectivity index (χ4v) is 7.88. The molecule has 0 unspecified atom stereocenters. The summed E-state index contributed by atoms with van der Waals surface area (Å²) < 4.78 is 12.9. The van der Waals surface area contributed by atoms with Gasteiger partial charge in [-0.2, -0.15) is 0 Å². The van der Waals surface area contributed by atoms with Crippen molar-refractivity contribution in [3.8, 4) is 22.6 Å². The molecule has 1 atom stereocenters. The molecule has 0 radical (unpaired) electrons. The van der Waals surface area contributed by atoms with Gasteiger partial charge in [-0.15, -0.1) is 0 Å². The second kappa shape index (κ2) is 18.9. The Balaban J connectivity index is 0.00000320. The SMILES string of the molecule is COc1cc2c(cc1CNC[C@H](O)c1ccc(O)c3[nH]c(=O)ccc13)oc(=O)n2CCCCc1ccc(-c2ccccc2)c(N(C(=O)O)C2CCC(N)CC2)c1.F.F. The van der Waals surface area contributed by atoms with Gasteiger partial charge in [-0.1, -0.05) is 48.5 Å². The van der Waals surface area contributed by atoms with Gasteiger partial charge in [-0.25, -0.2) is 9.59 Å². The zero-order valence-corrected chi connectivity index (χ0v) is 32.1. The van der Waals surface area contributed by atoms with Crippen LogP contribution in [0.2, 0.25) is 0 Å². The van der Waals surface area contributed by atoms with E-state index in [1.165, 1.54) is 17.0 Å². The van der Waals surface area contributed by atoms with E-state index in [1.54, 1.807) is 35.9 Å². The summed E-state index contributed by atoms with van der Waals surface area (Å²) >= 11 is 0. The predicted molar refractivity (Wildman–Crippen MR) is 220 cm³/mol. The molecule has 1 aliphatic carbocycles. The largest absolute Gasteiger partial charge is 0.506 e. The third-order valence-corrected chi connectivity index (χ3v) is 10.8. The molecule has 6 aromatic rings.